The van der Waals surface area contributed by atoms with Gasteiger partial charge in [0.25, 0.3) is 5.91 Å². The molecule has 2 N–H and O–H groups in total. The van der Waals surface area contributed by atoms with Gasteiger partial charge in [-0.25, -0.2) is 4.39 Å². The van der Waals surface area contributed by atoms with Crippen LogP contribution in [0.1, 0.15) is 29.3 Å². The van der Waals surface area contributed by atoms with Crippen LogP contribution in [-0.2, 0) is 0 Å². The maximum atomic E-state index is 13.8. The molecule has 2 unspecified atom stereocenters. The largest absolute Gasteiger partial charge is 0.337 e. The number of hydrogen-bond donors (Lipinski definition) is 1. The van der Waals surface area contributed by atoms with Crippen LogP contribution in [0.5, 0.6) is 0 Å². The van der Waals surface area contributed by atoms with Crippen molar-refractivity contribution < 1.29 is 9.18 Å². The van der Waals surface area contributed by atoms with Gasteiger partial charge in [0.1, 0.15) is 5.82 Å². The van der Waals surface area contributed by atoms with E-state index in [-0.39, 0.29) is 17.5 Å². The number of carbonyl (C=O) groups is 1. The highest BCUT2D eigenvalue weighted by molar-refractivity contribution is 5.94. The maximum Gasteiger partial charge on any atom is 0.256 e. The number of hydrogen-bond acceptors (Lipinski definition) is 2. The number of rotatable bonds is 1. The molecule has 2 rings (SSSR count). The summed E-state index contributed by atoms with van der Waals surface area (Å²) in [5.74, 6) is -0.293. The quantitative estimate of drug-likeness (QED) is 0.828. The molecular weight excluding hydrogens is 231 g/mol. The van der Waals surface area contributed by atoms with Gasteiger partial charge >= 0.3 is 0 Å². The van der Waals surface area contributed by atoms with E-state index in [1.807, 2.05) is 0 Å². The lowest BCUT2D eigenvalue weighted by Crippen LogP contribution is -2.49. The standard InChI is InChI=1S/C14H19FN2O/c1-9-3-4-11(12(15)7-9)14(18)17-6-5-10(2)13(16)8-17/h3-4,7,10,13H,5-6,8,16H2,1-2H3. The van der Waals surface area contributed by atoms with Crippen molar-refractivity contribution in [2.75, 3.05) is 13.1 Å². The van der Waals surface area contributed by atoms with Crippen LogP contribution in [-0.4, -0.2) is 29.9 Å². The average molecular weight is 250 g/mol. The first-order chi connectivity index (χ1) is 8.49. The number of benzene rings is 1. The first-order valence-corrected chi connectivity index (χ1v) is 6.30. The molecule has 0 aliphatic carbocycles. The van der Waals surface area contributed by atoms with Gasteiger partial charge in [-0.1, -0.05) is 13.0 Å². The number of carbonyl (C=O) groups excluding carboxylic acids is 1. The summed E-state index contributed by atoms with van der Waals surface area (Å²) in [6.07, 6.45) is 0.875. The summed E-state index contributed by atoms with van der Waals surface area (Å²) in [7, 11) is 0. The van der Waals surface area contributed by atoms with E-state index in [4.69, 9.17) is 5.73 Å². The average Bonchev–Trinajstić information content (AvgIpc) is 2.32. The van der Waals surface area contributed by atoms with Gasteiger partial charge in [-0.3, -0.25) is 4.79 Å². The predicted molar refractivity (Wildman–Crippen MR) is 68.8 cm³/mol. The van der Waals surface area contributed by atoms with E-state index >= 15 is 0 Å². The highest BCUT2D eigenvalue weighted by Gasteiger charge is 2.28. The van der Waals surface area contributed by atoms with Crippen molar-refractivity contribution in [1.29, 1.82) is 0 Å². The third kappa shape index (κ3) is 2.53. The molecule has 1 amide bonds. The Kier molecular flexibility index (Phi) is 3.66. The summed E-state index contributed by atoms with van der Waals surface area (Å²) in [6.45, 7) is 5.04. The summed E-state index contributed by atoms with van der Waals surface area (Å²) in [5.41, 5.74) is 6.91. The maximum absolute atomic E-state index is 13.8. The number of nitrogens with zero attached hydrogens (tertiary/aromatic N) is 1. The lowest BCUT2D eigenvalue weighted by molar-refractivity contribution is 0.0667. The van der Waals surface area contributed by atoms with Crippen LogP contribution in [0, 0.1) is 18.7 Å². The first-order valence-electron chi connectivity index (χ1n) is 6.30. The van der Waals surface area contributed by atoms with Gasteiger partial charge in [-0.05, 0) is 37.0 Å². The highest BCUT2D eigenvalue weighted by atomic mass is 19.1. The molecule has 1 aromatic rings. The number of aryl methyl sites for hydroxylation is 1. The Bertz CT molecular complexity index is 461. The molecule has 1 aliphatic heterocycles. The number of likely N-dealkylation sites (tertiary alicyclic amines) is 1. The third-order valence-corrected chi connectivity index (χ3v) is 3.66. The molecule has 18 heavy (non-hydrogen) atoms. The molecule has 4 heteroatoms. The minimum Gasteiger partial charge on any atom is -0.337 e. The van der Waals surface area contributed by atoms with Crippen molar-refractivity contribution in [3.05, 3.63) is 35.1 Å². The molecule has 98 valence electrons. The Morgan fingerprint density at radius 1 is 1.50 bits per heavy atom. The second-order valence-electron chi connectivity index (χ2n) is 5.16. The number of piperidine rings is 1. The van der Waals surface area contributed by atoms with Crippen molar-refractivity contribution in [3.63, 3.8) is 0 Å². The molecule has 1 saturated heterocycles. The zero-order valence-electron chi connectivity index (χ0n) is 10.8. The molecule has 2 atom stereocenters. The Hall–Kier alpha value is -1.42. The second kappa shape index (κ2) is 5.06. The van der Waals surface area contributed by atoms with Crippen LogP contribution in [0.3, 0.4) is 0 Å². The molecule has 1 aliphatic rings. The fourth-order valence-electron chi connectivity index (χ4n) is 2.25. The zero-order valence-corrected chi connectivity index (χ0v) is 10.8. The summed E-state index contributed by atoms with van der Waals surface area (Å²) in [5, 5.41) is 0. The van der Waals surface area contributed by atoms with Crippen LogP contribution in [0.4, 0.5) is 4.39 Å². The fourth-order valence-corrected chi connectivity index (χ4v) is 2.25. The highest BCUT2D eigenvalue weighted by Crippen LogP contribution is 2.19. The van der Waals surface area contributed by atoms with Crippen molar-refractivity contribution in [1.82, 2.24) is 4.90 Å². The molecule has 0 saturated carbocycles. The Balaban J connectivity index is 2.16. The van der Waals surface area contributed by atoms with E-state index in [1.54, 1.807) is 24.0 Å². The van der Waals surface area contributed by atoms with Gasteiger partial charge in [-0.2, -0.15) is 0 Å². The van der Waals surface area contributed by atoms with Crippen molar-refractivity contribution in [2.45, 2.75) is 26.3 Å². The van der Waals surface area contributed by atoms with E-state index < -0.39 is 5.82 Å². The zero-order chi connectivity index (χ0) is 13.3. The van der Waals surface area contributed by atoms with Gasteiger partial charge in [0.05, 0.1) is 5.56 Å². The molecule has 0 radical (unpaired) electrons. The van der Waals surface area contributed by atoms with Crippen molar-refractivity contribution in [2.24, 2.45) is 11.7 Å². The van der Waals surface area contributed by atoms with Crippen LogP contribution in [0.25, 0.3) is 0 Å². The van der Waals surface area contributed by atoms with E-state index in [1.165, 1.54) is 6.07 Å². The Morgan fingerprint density at radius 2 is 2.22 bits per heavy atom. The first kappa shape index (κ1) is 13.0. The van der Waals surface area contributed by atoms with Crippen molar-refractivity contribution in [3.8, 4) is 0 Å². The Labute approximate surface area is 107 Å². The van der Waals surface area contributed by atoms with Crippen LogP contribution >= 0.6 is 0 Å². The fraction of sp³-hybridized carbons (Fsp3) is 0.500. The summed E-state index contributed by atoms with van der Waals surface area (Å²) < 4.78 is 13.8. The Morgan fingerprint density at radius 3 is 2.83 bits per heavy atom. The summed E-state index contributed by atoms with van der Waals surface area (Å²) >= 11 is 0. The monoisotopic (exact) mass is 250 g/mol. The van der Waals surface area contributed by atoms with Gasteiger partial charge in [0, 0.05) is 19.1 Å². The minimum atomic E-state index is -0.452. The lowest BCUT2D eigenvalue weighted by atomic mass is 9.94. The third-order valence-electron chi connectivity index (χ3n) is 3.66. The number of halogens is 1. The molecular formula is C14H19FN2O. The molecule has 0 spiro atoms. The van der Waals surface area contributed by atoms with E-state index in [9.17, 15) is 9.18 Å². The predicted octanol–water partition coefficient (Wildman–Crippen LogP) is 1.94. The van der Waals surface area contributed by atoms with Crippen LogP contribution in [0.15, 0.2) is 18.2 Å². The van der Waals surface area contributed by atoms with Gasteiger partial charge in [-0.15, -0.1) is 0 Å². The summed E-state index contributed by atoms with van der Waals surface area (Å²) in [4.78, 5) is 13.9. The summed E-state index contributed by atoms with van der Waals surface area (Å²) in [6, 6.07) is 4.68. The van der Waals surface area contributed by atoms with E-state index in [2.05, 4.69) is 6.92 Å². The van der Waals surface area contributed by atoms with Gasteiger partial charge in [0.15, 0.2) is 0 Å². The molecule has 0 bridgehead atoms. The smallest absolute Gasteiger partial charge is 0.256 e. The van der Waals surface area contributed by atoms with Gasteiger partial charge in [0.2, 0.25) is 0 Å². The number of amides is 1. The second-order valence-corrected chi connectivity index (χ2v) is 5.16. The van der Waals surface area contributed by atoms with Crippen molar-refractivity contribution >= 4 is 5.91 Å². The lowest BCUT2D eigenvalue weighted by Gasteiger charge is -2.35. The molecule has 1 aromatic carbocycles. The molecule has 1 heterocycles. The van der Waals surface area contributed by atoms with Crippen LogP contribution in [0.2, 0.25) is 0 Å². The number of nitrogens with two attached hydrogens (primary N) is 1. The topological polar surface area (TPSA) is 46.3 Å². The molecule has 1 fully saturated rings. The molecule has 0 aromatic heterocycles. The van der Waals surface area contributed by atoms with Crippen LogP contribution < -0.4 is 5.73 Å². The SMILES string of the molecule is Cc1ccc(C(=O)N2CCC(C)C(N)C2)c(F)c1. The van der Waals surface area contributed by atoms with Gasteiger partial charge < -0.3 is 10.6 Å². The normalized spacial score (nSPS) is 24.1. The van der Waals surface area contributed by atoms with E-state index in [0.29, 0.717) is 19.0 Å². The van der Waals surface area contributed by atoms with E-state index in [0.717, 1.165) is 12.0 Å². The minimum absolute atomic E-state index is 0.0174. The molecule has 3 nitrogen and oxygen atoms in total.